The van der Waals surface area contributed by atoms with E-state index in [0.29, 0.717) is 18.8 Å². The Hall–Kier alpha value is -1.62. The minimum absolute atomic E-state index is 0.212. The van der Waals surface area contributed by atoms with Crippen LogP contribution < -0.4 is 4.90 Å². The lowest BCUT2D eigenvalue weighted by molar-refractivity contribution is 0.0697. The second-order valence-corrected chi connectivity index (χ2v) is 3.56. The van der Waals surface area contributed by atoms with E-state index in [1.807, 2.05) is 18.9 Å². The number of carbonyl (C=O) groups is 1. The van der Waals surface area contributed by atoms with E-state index in [4.69, 9.17) is 9.84 Å². The van der Waals surface area contributed by atoms with Crippen LogP contribution in [0.4, 0.5) is 5.69 Å². The van der Waals surface area contributed by atoms with Gasteiger partial charge >= 0.3 is 5.97 Å². The average Bonchev–Trinajstić information content (AvgIpc) is 2.25. The highest BCUT2D eigenvalue weighted by Crippen LogP contribution is 2.19. The summed E-state index contributed by atoms with van der Waals surface area (Å²) >= 11 is 0. The van der Waals surface area contributed by atoms with E-state index in [2.05, 4.69) is 4.98 Å². The number of aryl methyl sites for hydroxylation is 1. The molecule has 0 aliphatic heterocycles. The molecule has 0 fully saturated rings. The molecule has 16 heavy (non-hydrogen) atoms. The molecule has 0 spiro atoms. The Balaban J connectivity index is 2.99. The number of rotatable bonds is 5. The van der Waals surface area contributed by atoms with Crippen molar-refractivity contribution >= 4 is 11.7 Å². The summed E-state index contributed by atoms with van der Waals surface area (Å²) in [4.78, 5) is 16.8. The van der Waals surface area contributed by atoms with Crippen molar-refractivity contribution in [2.75, 3.05) is 32.2 Å². The molecule has 0 bridgehead atoms. The first kappa shape index (κ1) is 12.4. The van der Waals surface area contributed by atoms with Crippen molar-refractivity contribution in [1.82, 2.24) is 4.98 Å². The number of ether oxygens (including phenoxy) is 1. The lowest BCUT2D eigenvalue weighted by Gasteiger charge is -2.20. The van der Waals surface area contributed by atoms with Crippen molar-refractivity contribution in [2.45, 2.75) is 6.92 Å². The summed E-state index contributed by atoms with van der Waals surface area (Å²) in [5.74, 6) is -0.966. The van der Waals surface area contributed by atoms with Crippen LogP contribution in [0.1, 0.15) is 16.1 Å². The van der Waals surface area contributed by atoms with Crippen molar-refractivity contribution in [3.63, 3.8) is 0 Å². The minimum atomic E-state index is -0.966. The first-order chi connectivity index (χ1) is 7.56. The zero-order chi connectivity index (χ0) is 12.1. The topological polar surface area (TPSA) is 62.7 Å². The number of carboxylic acids is 1. The summed E-state index contributed by atoms with van der Waals surface area (Å²) in [7, 11) is 3.45. The molecule has 0 amide bonds. The third-order valence-corrected chi connectivity index (χ3v) is 2.29. The molecule has 0 aromatic carbocycles. The van der Waals surface area contributed by atoms with Crippen LogP contribution in [0, 0.1) is 6.92 Å². The van der Waals surface area contributed by atoms with Gasteiger partial charge in [0.25, 0.3) is 0 Å². The lowest BCUT2D eigenvalue weighted by Crippen LogP contribution is -2.24. The van der Waals surface area contributed by atoms with E-state index >= 15 is 0 Å². The van der Waals surface area contributed by atoms with Gasteiger partial charge in [0.2, 0.25) is 0 Å². The van der Waals surface area contributed by atoms with Crippen LogP contribution in [-0.2, 0) is 4.74 Å². The number of likely N-dealkylation sites (N-methyl/N-ethyl adjacent to an activating group) is 1. The summed E-state index contributed by atoms with van der Waals surface area (Å²) in [5.41, 5.74) is 1.67. The Morgan fingerprint density at radius 2 is 2.31 bits per heavy atom. The van der Waals surface area contributed by atoms with Gasteiger partial charge in [-0.3, -0.25) is 4.98 Å². The summed E-state index contributed by atoms with van der Waals surface area (Å²) in [6.45, 7) is 3.02. The molecule has 5 nitrogen and oxygen atoms in total. The Bertz CT molecular complexity index is 379. The van der Waals surface area contributed by atoms with E-state index in [0.717, 1.165) is 5.69 Å². The maximum absolute atomic E-state index is 11.0. The number of aromatic carboxylic acids is 1. The second kappa shape index (κ2) is 5.46. The largest absolute Gasteiger partial charge is 0.478 e. The minimum Gasteiger partial charge on any atom is -0.478 e. The van der Waals surface area contributed by atoms with E-state index in [-0.39, 0.29) is 5.56 Å². The summed E-state index contributed by atoms with van der Waals surface area (Å²) in [6, 6.07) is 1.76. The second-order valence-electron chi connectivity index (χ2n) is 3.56. The standard InChI is InChI=1S/C11H16N2O3/c1-8-6-10(13(2)4-5-16-3)9(7-12-8)11(14)15/h6-7H,4-5H2,1-3H3,(H,14,15). The van der Waals surface area contributed by atoms with Gasteiger partial charge in [0.1, 0.15) is 5.56 Å². The molecule has 1 heterocycles. The molecular formula is C11H16N2O3. The van der Waals surface area contributed by atoms with Crippen molar-refractivity contribution in [2.24, 2.45) is 0 Å². The fourth-order valence-corrected chi connectivity index (χ4v) is 1.37. The first-order valence-corrected chi connectivity index (χ1v) is 4.96. The predicted octanol–water partition coefficient (Wildman–Crippen LogP) is 1.17. The fraction of sp³-hybridized carbons (Fsp3) is 0.455. The first-order valence-electron chi connectivity index (χ1n) is 4.96. The van der Waals surface area contributed by atoms with Crippen LogP contribution in [-0.4, -0.2) is 43.4 Å². The number of pyridine rings is 1. The van der Waals surface area contributed by atoms with Gasteiger partial charge in [0, 0.05) is 32.6 Å². The number of hydrogen-bond acceptors (Lipinski definition) is 4. The maximum Gasteiger partial charge on any atom is 0.339 e. The zero-order valence-corrected chi connectivity index (χ0v) is 9.73. The fourth-order valence-electron chi connectivity index (χ4n) is 1.37. The molecule has 0 atom stereocenters. The van der Waals surface area contributed by atoms with Gasteiger partial charge in [-0.25, -0.2) is 4.79 Å². The van der Waals surface area contributed by atoms with Gasteiger partial charge in [0.05, 0.1) is 12.3 Å². The number of nitrogens with zero attached hydrogens (tertiary/aromatic N) is 2. The Kier molecular flexibility index (Phi) is 4.25. The molecule has 1 aromatic rings. The van der Waals surface area contributed by atoms with Gasteiger partial charge in [-0.05, 0) is 13.0 Å². The van der Waals surface area contributed by atoms with Crippen molar-refractivity contribution in [3.8, 4) is 0 Å². The lowest BCUT2D eigenvalue weighted by atomic mass is 10.2. The van der Waals surface area contributed by atoms with Crippen LogP contribution in [0.25, 0.3) is 0 Å². The van der Waals surface area contributed by atoms with Crippen LogP contribution in [0.3, 0.4) is 0 Å². The quantitative estimate of drug-likeness (QED) is 0.813. The Labute approximate surface area is 94.7 Å². The predicted molar refractivity (Wildman–Crippen MR) is 61.1 cm³/mol. The number of carboxylic acid groups (broad SMARTS) is 1. The molecule has 1 rings (SSSR count). The van der Waals surface area contributed by atoms with Crippen LogP contribution in [0.15, 0.2) is 12.3 Å². The molecule has 0 unspecified atom stereocenters. The molecule has 0 saturated carbocycles. The van der Waals surface area contributed by atoms with E-state index < -0.39 is 5.97 Å². The molecule has 0 radical (unpaired) electrons. The normalized spacial score (nSPS) is 10.2. The van der Waals surface area contributed by atoms with Crippen LogP contribution in [0.5, 0.6) is 0 Å². The van der Waals surface area contributed by atoms with Crippen molar-refractivity contribution < 1.29 is 14.6 Å². The highest BCUT2D eigenvalue weighted by Gasteiger charge is 2.14. The van der Waals surface area contributed by atoms with Gasteiger partial charge < -0.3 is 14.7 Å². The van der Waals surface area contributed by atoms with Gasteiger partial charge in [-0.2, -0.15) is 0 Å². The van der Waals surface area contributed by atoms with Gasteiger partial charge in [0.15, 0.2) is 0 Å². The molecule has 1 aromatic heterocycles. The summed E-state index contributed by atoms with van der Waals surface area (Å²) < 4.78 is 4.96. The molecule has 1 N–H and O–H groups in total. The van der Waals surface area contributed by atoms with E-state index in [9.17, 15) is 4.79 Å². The SMILES string of the molecule is COCCN(C)c1cc(C)ncc1C(=O)O. The van der Waals surface area contributed by atoms with Crippen LogP contribution >= 0.6 is 0 Å². The third kappa shape index (κ3) is 2.93. The molecule has 0 aliphatic carbocycles. The smallest absolute Gasteiger partial charge is 0.339 e. The molecule has 0 saturated heterocycles. The highest BCUT2D eigenvalue weighted by atomic mass is 16.5. The monoisotopic (exact) mass is 224 g/mol. The third-order valence-electron chi connectivity index (χ3n) is 2.29. The maximum atomic E-state index is 11.0. The number of anilines is 1. The molecule has 5 heteroatoms. The highest BCUT2D eigenvalue weighted by molar-refractivity contribution is 5.94. The summed E-state index contributed by atoms with van der Waals surface area (Å²) in [5, 5.41) is 9.03. The average molecular weight is 224 g/mol. The van der Waals surface area contributed by atoms with E-state index in [1.54, 1.807) is 13.2 Å². The number of methoxy groups -OCH3 is 1. The zero-order valence-electron chi connectivity index (χ0n) is 9.73. The molecule has 88 valence electrons. The van der Waals surface area contributed by atoms with Gasteiger partial charge in [-0.15, -0.1) is 0 Å². The van der Waals surface area contributed by atoms with Crippen molar-refractivity contribution in [3.05, 3.63) is 23.5 Å². The Morgan fingerprint density at radius 1 is 1.62 bits per heavy atom. The molecule has 0 aliphatic rings. The number of hydrogen-bond donors (Lipinski definition) is 1. The number of aromatic nitrogens is 1. The molecular weight excluding hydrogens is 208 g/mol. The Morgan fingerprint density at radius 3 is 2.88 bits per heavy atom. The van der Waals surface area contributed by atoms with Gasteiger partial charge in [-0.1, -0.05) is 0 Å². The van der Waals surface area contributed by atoms with Crippen molar-refractivity contribution in [1.29, 1.82) is 0 Å². The van der Waals surface area contributed by atoms with Crippen LogP contribution in [0.2, 0.25) is 0 Å². The van der Waals surface area contributed by atoms with E-state index in [1.165, 1.54) is 6.20 Å². The summed E-state index contributed by atoms with van der Waals surface area (Å²) in [6.07, 6.45) is 1.39.